The highest BCUT2D eigenvalue weighted by atomic mass is 127. The average molecular weight is 530 g/mol. The standard InChI is InChI=1S/C23H38N4O2.HI/c1-6-24-23(25-13-7-8-17(2)3)26-14-20-9-11-21(12-10-20)22(28)27-15-18(4)29-19(5)16-27;/h9-12,17-19H,6-8,13-16H2,1-5H3,(H2,24,25,26);1H. The van der Waals surface area contributed by atoms with Gasteiger partial charge in [-0.3, -0.25) is 4.79 Å². The van der Waals surface area contributed by atoms with Gasteiger partial charge in [-0.05, 0) is 57.2 Å². The molecule has 1 heterocycles. The van der Waals surface area contributed by atoms with Crippen LogP contribution in [0, 0.1) is 5.92 Å². The van der Waals surface area contributed by atoms with Crippen molar-refractivity contribution in [3.8, 4) is 0 Å². The molecule has 1 aromatic carbocycles. The van der Waals surface area contributed by atoms with Crippen molar-refractivity contribution in [1.82, 2.24) is 15.5 Å². The van der Waals surface area contributed by atoms with Gasteiger partial charge in [-0.1, -0.05) is 26.0 Å². The summed E-state index contributed by atoms with van der Waals surface area (Å²) in [6.07, 6.45) is 2.50. The van der Waals surface area contributed by atoms with Crippen LogP contribution in [0.15, 0.2) is 29.3 Å². The second kappa shape index (κ2) is 13.9. The molecule has 1 aliphatic rings. The Morgan fingerprint density at radius 3 is 2.37 bits per heavy atom. The number of hydrogen-bond acceptors (Lipinski definition) is 3. The lowest BCUT2D eigenvalue weighted by Crippen LogP contribution is -2.48. The van der Waals surface area contributed by atoms with Crippen molar-refractivity contribution in [2.24, 2.45) is 10.9 Å². The summed E-state index contributed by atoms with van der Waals surface area (Å²) in [5, 5.41) is 6.68. The van der Waals surface area contributed by atoms with Crippen LogP contribution in [0.3, 0.4) is 0 Å². The fourth-order valence-electron chi connectivity index (χ4n) is 3.51. The van der Waals surface area contributed by atoms with E-state index in [4.69, 9.17) is 4.74 Å². The third-order valence-electron chi connectivity index (χ3n) is 4.92. The smallest absolute Gasteiger partial charge is 0.254 e. The molecule has 7 heteroatoms. The average Bonchev–Trinajstić information content (AvgIpc) is 2.68. The molecule has 0 saturated carbocycles. The summed E-state index contributed by atoms with van der Waals surface area (Å²) >= 11 is 0. The molecule has 30 heavy (non-hydrogen) atoms. The zero-order valence-corrected chi connectivity index (χ0v) is 21.4. The molecular weight excluding hydrogens is 491 g/mol. The lowest BCUT2D eigenvalue weighted by molar-refractivity contribution is -0.0586. The first kappa shape index (κ1) is 26.7. The molecule has 2 rings (SSSR count). The molecule has 1 aromatic rings. The van der Waals surface area contributed by atoms with Crippen molar-refractivity contribution in [2.45, 2.75) is 66.2 Å². The SMILES string of the molecule is CCNC(=NCc1ccc(C(=O)N2CC(C)OC(C)C2)cc1)NCCCC(C)C.I. The number of carbonyl (C=O) groups is 1. The third kappa shape index (κ3) is 9.20. The fourth-order valence-corrected chi connectivity index (χ4v) is 3.51. The Labute approximate surface area is 199 Å². The van der Waals surface area contributed by atoms with Gasteiger partial charge in [0, 0.05) is 31.7 Å². The normalized spacial score (nSPS) is 19.4. The maximum atomic E-state index is 12.8. The van der Waals surface area contributed by atoms with Gasteiger partial charge >= 0.3 is 0 Å². The van der Waals surface area contributed by atoms with Gasteiger partial charge < -0.3 is 20.3 Å². The summed E-state index contributed by atoms with van der Waals surface area (Å²) < 4.78 is 5.72. The fraction of sp³-hybridized carbons (Fsp3) is 0.652. The maximum absolute atomic E-state index is 12.8. The van der Waals surface area contributed by atoms with Crippen LogP contribution in [0.4, 0.5) is 0 Å². The van der Waals surface area contributed by atoms with Gasteiger partial charge in [0.15, 0.2) is 5.96 Å². The number of nitrogens with zero attached hydrogens (tertiary/aromatic N) is 2. The number of benzene rings is 1. The molecule has 0 aromatic heterocycles. The molecule has 1 aliphatic heterocycles. The summed E-state index contributed by atoms with van der Waals surface area (Å²) in [5.74, 6) is 1.64. The van der Waals surface area contributed by atoms with E-state index in [1.807, 2.05) is 43.0 Å². The number of rotatable bonds is 8. The summed E-state index contributed by atoms with van der Waals surface area (Å²) in [6, 6.07) is 7.79. The van der Waals surface area contributed by atoms with Gasteiger partial charge in [-0.15, -0.1) is 24.0 Å². The Kier molecular flexibility index (Phi) is 12.3. The van der Waals surface area contributed by atoms with Crippen molar-refractivity contribution in [1.29, 1.82) is 0 Å². The Balaban J connectivity index is 0.00000450. The molecule has 170 valence electrons. The number of carbonyl (C=O) groups excluding carboxylic acids is 1. The van der Waals surface area contributed by atoms with Crippen LogP contribution in [-0.2, 0) is 11.3 Å². The number of hydrogen-bond donors (Lipinski definition) is 2. The zero-order chi connectivity index (χ0) is 21.2. The van der Waals surface area contributed by atoms with Gasteiger partial charge in [0.25, 0.3) is 5.91 Å². The van der Waals surface area contributed by atoms with E-state index in [2.05, 4.69) is 36.4 Å². The highest BCUT2D eigenvalue weighted by Crippen LogP contribution is 2.15. The topological polar surface area (TPSA) is 66.0 Å². The summed E-state index contributed by atoms with van der Waals surface area (Å²) in [4.78, 5) is 19.3. The molecule has 1 fully saturated rings. The molecule has 0 radical (unpaired) electrons. The molecule has 2 unspecified atom stereocenters. The maximum Gasteiger partial charge on any atom is 0.254 e. The van der Waals surface area contributed by atoms with Crippen LogP contribution in [-0.4, -0.2) is 55.2 Å². The lowest BCUT2D eigenvalue weighted by atomic mass is 10.1. The first-order chi connectivity index (χ1) is 13.9. The quantitative estimate of drug-likeness (QED) is 0.231. The van der Waals surface area contributed by atoms with E-state index in [-0.39, 0.29) is 42.1 Å². The van der Waals surface area contributed by atoms with Crippen LogP contribution in [0.1, 0.15) is 63.4 Å². The molecular formula is C23H39IN4O2. The van der Waals surface area contributed by atoms with Crippen LogP contribution in [0.5, 0.6) is 0 Å². The number of guanidine groups is 1. The molecule has 0 spiro atoms. The van der Waals surface area contributed by atoms with Gasteiger partial charge in [0.05, 0.1) is 18.8 Å². The van der Waals surface area contributed by atoms with Crippen molar-refractivity contribution >= 4 is 35.8 Å². The van der Waals surface area contributed by atoms with Gasteiger partial charge in [0.1, 0.15) is 0 Å². The predicted octanol–water partition coefficient (Wildman–Crippen LogP) is 4.05. The van der Waals surface area contributed by atoms with E-state index in [9.17, 15) is 4.79 Å². The number of morpholine rings is 1. The van der Waals surface area contributed by atoms with E-state index in [1.54, 1.807) is 0 Å². The van der Waals surface area contributed by atoms with Crippen molar-refractivity contribution in [3.05, 3.63) is 35.4 Å². The van der Waals surface area contributed by atoms with E-state index in [1.165, 1.54) is 6.42 Å². The Hall–Kier alpha value is -1.35. The van der Waals surface area contributed by atoms with E-state index >= 15 is 0 Å². The highest BCUT2D eigenvalue weighted by molar-refractivity contribution is 14.0. The van der Waals surface area contributed by atoms with Gasteiger partial charge in [-0.25, -0.2) is 4.99 Å². The molecule has 0 bridgehead atoms. The first-order valence-electron chi connectivity index (χ1n) is 10.9. The summed E-state index contributed by atoms with van der Waals surface area (Å²) in [7, 11) is 0. The summed E-state index contributed by atoms with van der Waals surface area (Å²) in [5.41, 5.74) is 1.81. The summed E-state index contributed by atoms with van der Waals surface area (Å²) in [6.45, 7) is 14.2. The second-order valence-corrected chi connectivity index (χ2v) is 8.32. The minimum absolute atomic E-state index is 0. The molecule has 2 atom stereocenters. The second-order valence-electron chi connectivity index (χ2n) is 8.32. The van der Waals surface area contributed by atoms with Crippen molar-refractivity contribution in [2.75, 3.05) is 26.2 Å². The molecule has 6 nitrogen and oxygen atoms in total. The predicted molar refractivity (Wildman–Crippen MR) is 135 cm³/mol. The largest absolute Gasteiger partial charge is 0.372 e. The molecule has 1 amide bonds. The van der Waals surface area contributed by atoms with Gasteiger partial charge in [-0.2, -0.15) is 0 Å². The van der Waals surface area contributed by atoms with Gasteiger partial charge in [0.2, 0.25) is 0 Å². The Bertz CT molecular complexity index is 654. The van der Waals surface area contributed by atoms with E-state index in [0.717, 1.165) is 42.5 Å². The van der Waals surface area contributed by atoms with Crippen LogP contribution in [0.2, 0.25) is 0 Å². The Morgan fingerprint density at radius 1 is 1.17 bits per heavy atom. The van der Waals surface area contributed by atoms with Crippen molar-refractivity contribution in [3.63, 3.8) is 0 Å². The minimum Gasteiger partial charge on any atom is -0.372 e. The Morgan fingerprint density at radius 2 is 1.80 bits per heavy atom. The third-order valence-corrected chi connectivity index (χ3v) is 4.92. The number of amides is 1. The first-order valence-corrected chi connectivity index (χ1v) is 10.9. The molecule has 1 saturated heterocycles. The molecule has 0 aliphatic carbocycles. The van der Waals surface area contributed by atoms with Crippen LogP contribution in [0.25, 0.3) is 0 Å². The minimum atomic E-state index is 0. The van der Waals surface area contributed by atoms with E-state index < -0.39 is 0 Å². The monoisotopic (exact) mass is 530 g/mol. The zero-order valence-electron chi connectivity index (χ0n) is 19.1. The highest BCUT2D eigenvalue weighted by Gasteiger charge is 2.26. The van der Waals surface area contributed by atoms with Crippen molar-refractivity contribution < 1.29 is 9.53 Å². The number of ether oxygens (including phenoxy) is 1. The number of aliphatic imine (C=N–C) groups is 1. The van der Waals surface area contributed by atoms with Crippen LogP contribution < -0.4 is 10.6 Å². The van der Waals surface area contributed by atoms with E-state index in [0.29, 0.717) is 19.6 Å². The molecule has 2 N–H and O–H groups in total. The number of halogens is 1. The lowest BCUT2D eigenvalue weighted by Gasteiger charge is -2.35. The number of nitrogens with one attached hydrogen (secondary N) is 2. The van der Waals surface area contributed by atoms with Crippen LogP contribution >= 0.6 is 24.0 Å².